The molecule has 1 aromatic carbocycles. The largest absolute Gasteiger partial charge is 0.375 e. The van der Waals surface area contributed by atoms with E-state index >= 15 is 0 Å². The van der Waals surface area contributed by atoms with Crippen LogP contribution >= 0.6 is 0 Å². The lowest BCUT2D eigenvalue weighted by Gasteiger charge is -2.20. The summed E-state index contributed by atoms with van der Waals surface area (Å²) in [6, 6.07) is 12.4. The molecule has 1 rings (SSSR count). The lowest BCUT2D eigenvalue weighted by Crippen LogP contribution is -2.34. The van der Waals surface area contributed by atoms with Gasteiger partial charge in [-0.25, -0.2) is 0 Å². The summed E-state index contributed by atoms with van der Waals surface area (Å²) in [7, 11) is 2.08. The number of para-hydroxylation sites is 1. The molecular weight excluding hydrogens is 210 g/mol. The zero-order valence-corrected chi connectivity index (χ0v) is 10.7. The predicted molar refractivity (Wildman–Crippen MR) is 71.8 cm³/mol. The highest BCUT2D eigenvalue weighted by Crippen LogP contribution is 2.14. The van der Waals surface area contributed by atoms with Gasteiger partial charge in [0.2, 0.25) is 0 Å². The molecule has 0 aliphatic heterocycles. The van der Waals surface area contributed by atoms with Gasteiger partial charge in [0.05, 0.1) is 6.07 Å². The highest BCUT2D eigenvalue weighted by atomic mass is 15.1. The molecule has 0 bridgehead atoms. The number of nitrogens with zero attached hydrogens (tertiary/aromatic N) is 2. The zero-order chi connectivity index (χ0) is 12.7. The first-order chi connectivity index (χ1) is 8.05. The van der Waals surface area contributed by atoms with Crippen LogP contribution in [0.5, 0.6) is 0 Å². The maximum atomic E-state index is 8.80. The average molecular weight is 231 g/mol. The van der Waals surface area contributed by atoms with Crippen molar-refractivity contribution in [2.24, 2.45) is 5.73 Å². The Balaban J connectivity index is 2.26. The Morgan fingerprint density at radius 3 is 2.53 bits per heavy atom. The summed E-state index contributed by atoms with van der Waals surface area (Å²) in [5, 5.41) is 8.80. The number of unbranched alkanes of at least 4 members (excludes halogenated alkanes) is 1. The number of benzene rings is 1. The van der Waals surface area contributed by atoms with Crippen molar-refractivity contribution in [3.05, 3.63) is 30.3 Å². The highest BCUT2D eigenvalue weighted by molar-refractivity contribution is 5.44. The van der Waals surface area contributed by atoms with Crippen molar-refractivity contribution in [1.29, 1.82) is 5.26 Å². The molecule has 0 aliphatic carbocycles. The van der Waals surface area contributed by atoms with Crippen LogP contribution in [0, 0.1) is 11.3 Å². The molecule has 0 spiro atoms. The summed E-state index contributed by atoms with van der Waals surface area (Å²) >= 11 is 0. The van der Waals surface area contributed by atoms with Crippen molar-refractivity contribution < 1.29 is 0 Å². The van der Waals surface area contributed by atoms with E-state index in [2.05, 4.69) is 30.1 Å². The molecule has 17 heavy (non-hydrogen) atoms. The van der Waals surface area contributed by atoms with Gasteiger partial charge in [-0.1, -0.05) is 18.2 Å². The first kappa shape index (κ1) is 13.5. The quantitative estimate of drug-likeness (QED) is 0.765. The van der Waals surface area contributed by atoms with Gasteiger partial charge in [0.15, 0.2) is 0 Å². The number of anilines is 1. The lowest BCUT2D eigenvalue weighted by atomic mass is 9.98. The number of nitrogens with two attached hydrogens (primary N) is 1. The van der Waals surface area contributed by atoms with Crippen LogP contribution in [0.25, 0.3) is 0 Å². The van der Waals surface area contributed by atoms with E-state index in [-0.39, 0.29) is 0 Å². The molecule has 0 aliphatic rings. The summed E-state index contributed by atoms with van der Waals surface area (Å²) in [6.07, 6.45) is 2.80. The summed E-state index contributed by atoms with van der Waals surface area (Å²) < 4.78 is 0. The van der Waals surface area contributed by atoms with E-state index in [1.807, 2.05) is 18.2 Å². The minimum absolute atomic E-state index is 0.675. The topological polar surface area (TPSA) is 53.0 Å². The minimum atomic E-state index is -0.675. The van der Waals surface area contributed by atoms with E-state index in [1.54, 1.807) is 6.92 Å². The van der Waals surface area contributed by atoms with Gasteiger partial charge in [0.25, 0.3) is 0 Å². The van der Waals surface area contributed by atoms with Crippen molar-refractivity contribution in [2.45, 2.75) is 31.7 Å². The first-order valence-corrected chi connectivity index (χ1v) is 6.01. The summed E-state index contributed by atoms with van der Waals surface area (Å²) in [4.78, 5) is 2.22. The number of hydrogen-bond acceptors (Lipinski definition) is 3. The molecule has 0 saturated carbocycles. The van der Waals surface area contributed by atoms with Gasteiger partial charge >= 0.3 is 0 Å². The molecule has 0 fully saturated rings. The van der Waals surface area contributed by atoms with Crippen LogP contribution in [0.2, 0.25) is 0 Å². The molecule has 92 valence electrons. The molecule has 1 unspecified atom stereocenters. The molecule has 0 radical (unpaired) electrons. The van der Waals surface area contributed by atoms with E-state index in [0.29, 0.717) is 0 Å². The zero-order valence-electron chi connectivity index (χ0n) is 10.7. The second-order valence-electron chi connectivity index (χ2n) is 4.74. The molecule has 0 heterocycles. The van der Waals surface area contributed by atoms with Gasteiger partial charge in [-0.15, -0.1) is 0 Å². The van der Waals surface area contributed by atoms with Crippen LogP contribution < -0.4 is 10.6 Å². The second-order valence-corrected chi connectivity index (χ2v) is 4.74. The van der Waals surface area contributed by atoms with Gasteiger partial charge in [-0.2, -0.15) is 5.26 Å². The third kappa shape index (κ3) is 4.88. The Labute approximate surface area is 104 Å². The summed E-state index contributed by atoms with van der Waals surface area (Å²) in [5.74, 6) is 0. The van der Waals surface area contributed by atoms with Crippen molar-refractivity contribution in [3.63, 3.8) is 0 Å². The maximum absolute atomic E-state index is 8.80. The number of rotatable bonds is 6. The molecule has 0 aromatic heterocycles. The normalized spacial score (nSPS) is 13.8. The van der Waals surface area contributed by atoms with Crippen LogP contribution in [0.3, 0.4) is 0 Å². The summed E-state index contributed by atoms with van der Waals surface area (Å²) in [6.45, 7) is 2.78. The van der Waals surface area contributed by atoms with E-state index in [1.165, 1.54) is 5.69 Å². The first-order valence-electron chi connectivity index (χ1n) is 6.01. The summed E-state index contributed by atoms with van der Waals surface area (Å²) in [5.41, 5.74) is 6.32. The Kier molecular flexibility index (Phi) is 4.99. The molecule has 1 atom stereocenters. The van der Waals surface area contributed by atoms with Gasteiger partial charge in [-0.3, -0.25) is 0 Å². The van der Waals surface area contributed by atoms with Crippen molar-refractivity contribution in [2.75, 3.05) is 18.5 Å². The number of nitriles is 1. The van der Waals surface area contributed by atoms with E-state index in [0.717, 1.165) is 25.8 Å². The van der Waals surface area contributed by atoms with Gasteiger partial charge in [0.1, 0.15) is 5.54 Å². The molecule has 3 nitrogen and oxygen atoms in total. The molecule has 2 N–H and O–H groups in total. The van der Waals surface area contributed by atoms with Crippen LogP contribution in [0.1, 0.15) is 26.2 Å². The van der Waals surface area contributed by atoms with Crippen LogP contribution in [0.15, 0.2) is 30.3 Å². The fraction of sp³-hybridized carbons (Fsp3) is 0.500. The predicted octanol–water partition coefficient (Wildman–Crippen LogP) is 2.53. The Bertz CT molecular complexity index is 365. The van der Waals surface area contributed by atoms with Crippen molar-refractivity contribution in [3.8, 4) is 6.07 Å². The molecule has 0 amide bonds. The fourth-order valence-electron chi connectivity index (χ4n) is 1.71. The van der Waals surface area contributed by atoms with E-state index < -0.39 is 5.54 Å². The molecule has 3 heteroatoms. The Morgan fingerprint density at radius 1 is 1.29 bits per heavy atom. The van der Waals surface area contributed by atoms with Gasteiger partial charge in [0, 0.05) is 19.3 Å². The van der Waals surface area contributed by atoms with E-state index in [9.17, 15) is 0 Å². The molecule has 0 saturated heterocycles. The van der Waals surface area contributed by atoms with Crippen molar-refractivity contribution >= 4 is 5.69 Å². The van der Waals surface area contributed by atoms with Crippen molar-refractivity contribution in [1.82, 2.24) is 0 Å². The van der Waals surface area contributed by atoms with Gasteiger partial charge < -0.3 is 10.6 Å². The standard InChI is InChI=1S/C14H21N3/c1-14(16,12-15)10-6-7-11-17(2)13-8-4-3-5-9-13/h3-5,8-9H,6-7,10-11,16H2,1-2H3. The highest BCUT2D eigenvalue weighted by Gasteiger charge is 2.15. The smallest absolute Gasteiger partial charge is 0.101 e. The van der Waals surface area contributed by atoms with E-state index in [4.69, 9.17) is 11.0 Å². The third-order valence-corrected chi connectivity index (χ3v) is 2.89. The van der Waals surface area contributed by atoms with Crippen LogP contribution in [0.4, 0.5) is 5.69 Å². The number of hydrogen-bond donors (Lipinski definition) is 1. The SMILES string of the molecule is CN(CCCCC(C)(N)C#N)c1ccccc1. The maximum Gasteiger partial charge on any atom is 0.101 e. The lowest BCUT2D eigenvalue weighted by molar-refractivity contribution is 0.509. The molecular formula is C14H21N3. The Hall–Kier alpha value is -1.53. The molecule has 1 aromatic rings. The third-order valence-electron chi connectivity index (χ3n) is 2.89. The monoisotopic (exact) mass is 231 g/mol. The fourth-order valence-corrected chi connectivity index (χ4v) is 1.71. The van der Waals surface area contributed by atoms with Crippen LogP contribution in [-0.4, -0.2) is 19.1 Å². The van der Waals surface area contributed by atoms with Gasteiger partial charge in [-0.05, 0) is 38.3 Å². The minimum Gasteiger partial charge on any atom is -0.375 e. The average Bonchev–Trinajstić information content (AvgIpc) is 2.35. The van der Waals surface area contributed by atoms with Crippen LogP contribution in [-0.2, 0) is 0 Å². The Morgan fingerprint density at radius 2 is 1.94 bits per heavy atom. The second kappa shape index (κ2) is 6.27.